The number of Topliss-reactive ketones (excluding diaryl/α,β-unsaturated/α-hetero) is 2. The van der Waals surface area contributed by atoms with Gasteiger partial charge in [0, 0.05) is 116 Å². The summed E-state index contributed by atoms with van der Waals surface area (Å²) in [5.74, 6) is 8.07. The zero-order chi connectivity index (χ0) is 67.6. The Labute approximate surface area is 575 Å². The molecule has 16 rings (SSSR count). The summed E-state index contributed by atoms with van der Waals surface area (Å²) in [6.45, 7) is 4.49. The Kier molecular flexibility index (Phi) is 17.8. The van der Waals surface area contributed by atoms with Crippen LogP contribution in [0.5, 0.6) is 34.5 Å². The Hall–Kier alpha value is -8.45. The lowest BCUT2D eigenvalue weighted by Gasteiger charge is -2.43. The van der Waals surface area contributed by atoms with Crippen LogP contribution in [0.2, 0.25) is 0 Å². The van der Waals surface area contributed by atoms with Gasteiger partial charge < -0.3 is 59.5 Å². The number of carbonyl (C=O) groups is 3. The number of esters is 1. The number of aliphatic hydroxyl groups is 2. The molecule has 3 fully saturated rings. The number of rotatable bonds is 8. The van der Waals surface area contributed by atoms with E-state index in [2.05, 4.69) is 106 Å². The molecule has 3 saturated carbocycles. The number of hydrogen-bond donors (Lipinski definition) is 7. The van der Waals surface area contributed by atoms with E-state index in [1.165, 1.54) is 25.7 Å². The number of aliphatic hydroxyl groups excluding tert-OH is 2. The van der Waals surface area contributed by atoms with E-state index in [4.69, 9.17) is 14.2 Å². The fourth-order valence-corrected chi connectivity index (χ4v) is 20.0. The van der Waals surface area contributed by atoms with Gasteiger partial charge in [0.05, 0.1) is 30.9 Å². The Bertz CT molecular complexity index is 4300. The molecule has 6 heterocycles. The number of anilines is 1. The van der Waals surface area contributed by atoms with Gasteiger partial charge in [-0.15, -0.1) is 0 Å². The number of fused-ring (bicyclic) bond motifs is 6. The van der Waals surface area contributed by atoms with E-state index in [0.717, 1.165) is 138 Å². The topological polar surface area (TPSA) is 216 Å². The normalized spacial score (nSPS) is 29.3. The molecule has 15 heteroatoms. The highest BCUT2D eigenvalue weighted by molar-refractivity contribution is 6.01. The number of H-pyrrole nitrogens is 1. The van der Waals surface area contributed by atoms with Gasteiger partial charge in [0.25, 0.3) is 0 Å². The minimum absolute atomic E-state index is 0.000396. The lowest BCUT2D eigenvalue weighted by molar-refractivity contribution is -0.148. The van der Waals surface area contributed by atoms with Crippen molar-refractivity contribution in [3.05, 3.63) is 172 Å². The molecule has 6 aliphatic carbocycles. The van der Waals surface area contributed by atoms with Gasteiger partial charge in [-0.2, -0.15) is 0 Å². The zero-order valence-electron chi connectivity index (χ0n) is 56.9. The minimum atomic E-state index is -0.839. The second-order valence-corrected chi connectivity index (χ2v) is 30.7. The molecule has 14 bridgehead atoms. The summed E-state index contributed by atoms with van der Waals surface area (Å²) in [6.07, 6.45) is 31.1. The van der Waals surface area contributed by atoms with Crippen LogP contribution in [0.3, 0.4) is 0 Å². The number of benzene rings is 4. The summed E-state index contributed by atoms with van der Waals surface area (Å²) < 4.78 is 21.3. The van der Waals surface area contributed by atoms with E-state index < -0.39 is 35.0 Å². The number of aromatic nitrogens is 2. The lowest BCUT2D eigenvalue weighted by Crippen LogP contribution is -2.37. The van der Waals surface area contributed by atoms with Crippen LogP contribution in [0.15, 0.2) is 133 Å². The number of aromatic hydroxyl groups is 3. The molecule has 3 spiro atoms. The van der Waals surface area contributed by atoms with Crippen LogP contribution in [-0.2, 0) is 38.4 Å². The summed E-state index contributed by atoms with van der Waals surface area (Å²) in [5.41, 5.74) is 8.11. The third-order valence-electron chi connectivity index (χ3n) is 24.8. The highest BCUT2D eigenvalue weighted by atomic mass is 16.5. The van der Waals surface area contributed by atoms with Crippen LogP contribution in [0, 0.1) is 51.8 Å². The molecule has 2 aromatic heterocycles. The standard InChI is InChI=1S/C83H94N4O11/c1-50-10-7-14-60-15-9-17-66-68-46-84-45-59(68)43-83(50,60)27-23-64(97-51(2)89)39-63(92)41-71-58-36-74(94)79(75(37-58)96-3)98-65-34-52(33-62(91)40-65)18-19-54(48-88)32-53-22-26-81(42-53)28-29-82(49-81)44-72-78-67(80(82)95)20-21-70(69(78)47-87(71)72)86(31-25-73(93)55-11-5-4-6-12-55)76-38-57(24-30-85-76)77(66)56-13-8-16-61(90)35-56/h7-8,10,13-14,16,20-21,24,33-38,40,45-47,50,53-55,64,66,71,77,80,84-85,88,90-91,94-95H,4-6,11-12,15,18-19,22-23,25-32,39,41-44,48-49H2,1-3H3/t50-,53-,54+,64+,66+,71+,77+,80+,81+,82+,83-/m0/s1. The van der Waals surface area contributed by atoms with Crippen LogP contribution in [0.25, 0.3) is 10.8 Å². The Morgan fingerprint density at radius 3 is 2.58 bits per heavy atom. The number of nitrogens with zero attached hydrogens (tertiary/aromatic N) is 2. The van der Waals surface area contributed by atoms with Crippen molar-refractivity contribution < 1.29 is 54.1 Å². The van der Waals surface area contributed by atoms with Gasteiger partial charge in [0.1, 0.15) is 40.7 Å². The average Bonchev–Trinajstić information content (AvgIpc) is 1.53. The van der Waals surface area contributed by atoms with Crippen molar-refractivity contribution in [3.63, 3.8) is 0 Å². The van der Waals surface area contributed by atoms with Gasteiger partial charge in [-0.3, -0.25) is 14.4 Å². The Morgan fingerprint density at radius 2 is 1.76 bits per heavy atom. The van der Waals surface area contributed by atoms with Crippen molar-refractivity contribution in [1.29, 1.82) is 0 Å². The fourth-order valence-electron chi connectivity index (χ4n) is 20.0. The molecule has 10 aliphatic rings. The summed E-state index contributed by atoms with van der Waals surface area (Å²) in [5, 5.41) is 65.2. The smallest absolute Gasteiger partial charge is 0.302 e. The van der Waals surface area contributed by atoms with E-state index in [0.29, 0.717) is 75.3 Å². The number of phenols is 3. The number of hydrogen-bond acceptors (Lipinski definition) is 13. The van der Waals surface area contributed by atoms with Crippen LogP contribution < -0.4 is 19.7 Å². The van der Waals surface area contributed by atoms with Gasteiger partial charge in [-0.25, -0.2) is 0 Å². The van der Waals surface area contributed by atoms with Crippen LogP contribution in [0.4, 0.5) is 5.69 Å². The first-order chi connectivity index (χ1) is 47.5. The monoisotopic (exact) mass is 1320 g/mol. The Balaban J connectivity index is 0.962. The number of methoxy groups -OCH3 is 1. The first kappa shape index (κ1) is 65.5. The molecule has 512 valence electrons. The highest BCUT2D eigenvalue weighted by Crippen LogP contribution is 2.66. The maximum absolute atomic E-state index is 15.9. The molecule has 0 radical (unpaired) electrons. The number of ether oxygens (including phenoxy) is 3. The van der Waals surface area contributed by atoms with Gasteiger partial charge in [0.15, 0.2) is 11.5 Å². The molecule has 11 atom stereocenters. The van der Waals surface area contributed by atoms with Crippen molar-refractivity contribution in [3.8, 4) is 46.3 Å². The van der Waals surface area contributed by atoms with Crippen molar-refractivity contribution in [2.45, 2.75) is 185 Å². The molecular formula is C83H94N4O11. The first-order valence-electron chi connectivity index (χ1n) is 36.3. The van der Waals surface area contributed by atoms with Crippen LogP contribution >= 0.6 is 0 Å². The molecule has 0 saturated heterocycles. The molecule has 4 aliphatic heterocycles. The summed E-state index contributed by atoms with van der Waals surface area (Å²) in [4.78, 5) is 50.0. The number of dihydropyridines is 1. The predicted octanol–water partition coefficient (Wildman–Crippen LogP) is 15.4. The van der Waals surface area contributed by atoms with Gasteiger partial charge in [-0.1, -0.05) is 86.1 Å². The molecular weight excluding hydrogens is 1230 g/mol. The summed E-state index contributed by atoms with van der Waals surface area (Å²) >= 11 is 0. The summed E-state index contributed by atoms with van der Waals surface area (Å²) in [7, 11) is 1.51. The molecule has 7 N–H and O–H groups in total. The number of aromatic amines is 1. The molecule has 4 aromatic carbocycles. The van der Waals surface area contributed by atoms with Crippen LogP contribution in [0.1, 0.15) is 199 Å². The first-order valence-corrected chi connectivity index (χ1v) is 36.3. The number of carbonyl (C=O) groups excluding carboxylic acids is 3. The maximum Gasteiger partial charge on any atom is 0.302 e. The van der Waals surface area contributed by atoms with Gasteiger partial charge >= 0.3 is 5.97 Å². The molecule has 0 amide bonds. The third-order valence-corrected chi connectivity index (χ3v) is 24.8. The van der Waals surface area contributed by atoms with E-state index in [-0.39, 0.29) is 101 Å². The van der Waals surface area contributed by atoms with Crippen LogP contribution in [-0.4, -0.2) is 85.5 Å². The maximum atomic E-state index is 15.9. The third kappa shape index (κ3) is 12.3. The largest absolute Gasteiger partial charge is 0.508 e. The van der Waals surface area contributed by atoms with E-state index in [9.17, 15) is 35.1 Å². The average molecular weight is 1320 g/mol. The van der Waals surface area contributed by atoms with E-state index in [1.807, 2.05) is 24.3 Å². The number of nitrogens with one attached hydrogen (secondary N) is 2. The van der Waals surface area contributed by atoms with Crippen molar-refractivity contribution in [1.82, 2.24) is 14.9 Å². The molecule has 98 heavy (non-hydrogen) atoms. The second-order valence-electron chi connectivity index (χ2n) is 30.7. The zero-order valence-corrected chi connectivity index (χ0v) is 56.9. The summed E-state index contributed by atoms with van der Waals surface area (Å²) in [6, 6.07) is 19.5. The quantitative estimate of drug-likeness (QED) is 0.0558. The number of aryl methyl sites for hydroxylation is 1. The Morgan fingerprint density at radius 1 is 0.888 bits per heavy atom. The SMILES string of the molecule is COc1cc2cc(O)c1Oc1cc(O)cc(c1)CC[C@@H](CO)C[C@@H]1CC[C@@]3(CC[C@@]4(Cc5c6c(ccc7c6cn5[C@@H]2CC(=O)C[C@H](OC(C)=O)CC[C@@]25Cc6c[nH]cc6[C@@H](C#CCC2=CC=C[C@@H]5C)[C@H](c2cccc(O)c2)C2=CCNC(=C2)N7CCC(=O)C2CCCCC2)[C@H]4O)C3)C1. The second kappa shape index (κ2) is 26.7. The van der Waals surface area contributed by atoms with Crippen molar-refractivity contribution in [2.75, 3.05) is 31.7 Å². The lowest BCUT2D eigenvalue weighted by atomic mass is 9.61. The number of allylic oxidation sites excluding steroid dienone is 6. The van der Waals surface area contributed by atoms with Crippen molar-refractivity contribution >= 4 is 34.0 Å². The highest BCUT2D eigenvalue weighted by Gasteiger charge is 2.57. The van der Waals surface area contributed by atoms with Gasteiger partial charge in [-0.05, 0) is 207 Å². The molecule has 0 unspecified atom stereocenters. The van der Waals surface area contributed by atoms with Crippen molar-refractivity contribution in [2.24, 2.45) is 39.9 Å². The van der Waals surface area contributed by atoms with E-state index in [1.54, 1.807) is 18.2 Å². The molecule has 6 aromatic rings. The number of phenolic OH excluding ortho intramolecular Hbond substituents is 3. The fraction of sp³-hybridized carbons (Fsp3) is 0.482. The predicted molar refractivity (Wildman–Crippen MR) is 377 cm³/mol. The van der Waals surface area contributed by atoms with Gasteiger partial charge in [0.2, 0.25) is 5.75 Å². The molecule has 15 nitrogen and oxygen atoms in total. The number of ketones is 2. The van der Waals surface area contributed by atoms with E-state index >= 15 is 4.79 Å². The minimum Gasteiger partial charge on any atom is -0.508 e.